The molecule has 0 bridgehead atoms. The second kappa shape index (κ2) is 5.75. The molecule has 0 amide bonds. The molecule has 1 aromatic rings. The number of nitrogens with zero attached hydrogens (tertiary/aromatic N) is 1. The Morgan fingerprint density at radius 1 is 1.43 bits per heavy atom. The lowest BCUT2D eigenvalue weighted by Gasteiger charge is -2.00. The Kier molecular flexibility index (Phi) is 4.20. The van der Waals surface area contributed by atoms with Gasteiger partial charge in [0.25, 0.3) is 0 Å². The van der Waals surface area contributed by atoms with Crippen molar-refractivity contribution in [2.45, 2.75) is 6.61 Å². The monoisotopic (exact) mass is 193 g/mol. The fraction of sp³-hybridized carbons (Fsp3) is 0.200. The molecule has 4 nitrogen and oxygen atoms in total. The predicted octanol–water partition coefficient (Wildman–Crippen LogP) is 1.36. The number of oxime groups is 1. The van der Waals surface area contributed by atoms with Crippen LogP contribution in [0.4, 0.5) is 0 Å². The quantitative estimate of drug-likeness (QED) is 0.412. The van der Waals surface area contributed by atoms with E-state index in [1.165, 1.54) is 7.11 Å². The highest BCUT2D eigenvalue weighted by molar-refractivity contribution is 6.22. The zero-order chi connectivity index (χ0) is 10.2. The highest BCUT2D eigenvalue weighted by Gasteiger charge is 1.98. The standard InChI is InChI=1S/C10H11NO3/c1-13-11-7-10(12)14-8-9-5-3-2-4-6-9/h2-7H,8H2,1H3. The number of carbonyl (C=O) groups is 1. The molecule has 0 atom stereocenters. The second-order valence-corrected chi connectivity index (χ2v) is 2.51. The Bertz CT molecular complexity index is 308. The predicted molar refractivity (Wildman–Crippen MR) is 51.7 cm³/mol. The summed E-state index contributed by atoms with van der Waals surface area (Å²) in [5.74, 6) is -0.518. The normalized spacial score (nSPS) is 10.1. The molecule has 0 aliphatic heterocycles. The van der Waals surface area contributed by atoms with Gasteiger partial charge in [-0.15, -0.1) is 0 Å². The summed E-state index contributed by atoms with van der Waals surface area (Å²) in [5.41, 5.74) is 0.937. The van der Waals surface area contributed by atoms with Gasteiger partial charge in [0.15, 0.2) is 6.21 Å². The van der Waals surface area contributed by atoms with Crippen LogP contribution in [-0.4, -0.2) is 19.3 Å². The molecule has 0 unspecified atom stereocenters. The van der Waals surface area contributed by atoms with Crippen molar-refractivity contribution in [1.82, 2.24) is 0 Å². The molecule has 1 aromatic carbocycles. The van der Waals surface area contributed by atoms with E-state index in [1.807, 2.05) is 30.3 Å². The number of hydrogen-bond donors (Lipinski definition) is 0. The summed E-state index contributed by atoms with van der Waals surface area (Å²) in [7, 11) is 1.36. The molecule has 14 heavy (non-hydrogen) atoms. The van der Waals surface area contributed by atoms with E-state index in [2.05, 4.69) is 9.99 Å². The van der Waals surface area contributed by atoms with Gasteiger partial charge in [0.2, 0.25) is 0 Å². The van der Waals surface area contributed by atoms with Gasteiger partial charge < -0.3 is 9.57 Å². The third-order valence-electron chi connectivity index (χ3n) is 1.49. The first-order valence-electron chi connectivity index (χ1n) is 4.10. The van der Waals surface area contributed by atoms with E-state index in [0.29, 0.717) is 0 Å². The molecular weight excluding hydrogens is 182 g/mol. The molecule has 0 spiro atoms. The summed E-state index contributed by atoms with van der Waals surface area (Å²) in [5, 5.41) is 3.28. The first-order chi connectivity index (χ1) is 6.83. The minimum Gasteiger partial charge on any atom is -0.456 e. The van der Waals surface area contributed by atoms with Crippen LogP contribution in [0.5, 0.6) is 0 Å². The molecule has 0 saturated carbocycles. The molecule has 0 aromatic heterocycles. The van der Waals surface area contributed by atoms with Gasteiger partial charge in [-0.25, -0.2) is 4.79 Å². The maximum atomic E-state index is 10.9. The Balaban J connectivity index is 2.34. The third-order valence-corrected chi connectivity index (χ3v) is 1.49. The third kappa shape index (κ3) is 3.71. The molecule has 0 heterocycles. The van der Waals surface area contributed by atoms with Crippen LogP contribution in [0.2, 0.25) is 0 Å². The van der Waals surface area contributed by atoms with Crippen LogP contribution in [0.1, 0.15) is 5.56 Å². The number of carbonyl (C=O) groups excluding carboxylic acids is 1. The van der Waals surface area contributed by atoms with Crippen molar-refractivity contribution in [2.24, 2.45) is 5.16 Å². The first kappa shape index (κ1) is 10.2. The van der Waals surface area contributed by atoms with Crippen molar-refractivity contribution in [2.75, 3.05) is 7.11 Å². The summed E-state index contributed by atoms with van der Waals surface area (Å²) in [6.07, 6.45) is 0.989. The number of ether oxygens (including phenoxy) is 1. The Labute approximate surface area is 82.1 Å². The van der Waals surface area contributed by atoms with E-state index in [0.717, 1.165) is 11.8 Å². The van der Waals surface area contributed by atoms with E-state index >= 15 is 0 Å². The van der Waals surface area contributed by atoms with E-state index in [1.54, 1.807) is 0 Å². The maximum absolute atomic E-state index is 10.9. The lowest BCUT2D eigenvalue weighted by molar-refractivity contribution is -0.136. The van der Waals surface area contributed by atoms with E-state index in [4.69, 9.17) is 4.74 Å². The van der Waals surface area contributed by atoms with Gasteiger partial charge in [-0.2, -0.15) is 0 Å². The SMILES string of the molecule is CON=CC(=O)OCc1ccccc1. The molecule has 0 N–H and O–H groups in total. The lowest BCUT2D eigenvalue weighted by Crippen LogP contribution is -2.05. The Hall–Kier alpha value is -1.84. The largest absolute Gasteiger partial charge is 0.456 e. The van der Waals surface area contributed by atoms with Gasteiger partial charge in [0.05, 0.1) is 0 Å². The number of esters is 1. The lowest BCUT2D eigenvalue weighted by atomic mass is 10.2. The van der Waals surface area contributed by atoms with Crippen molar-refractivity contribution >= 4 is 12.2 Å². The highest BCUT2D eigenvalue weighted by atomic mass is 16.6. The van der Waals surface area contributed by atoms with Gasteiger partial charge in [-0.1, -0.05) is 35.5 Å². The average Bonchev–Trinajstić information content (AvgIpc) is 2.25. The van der Waals surface area contributed by atoms with Crippen LogP contribution in [0.15, 0.2) is 35.5 Å². The fourth-order valence-electron chi connectivity index (χ4n) is 0.862. The van der Waals surface area contributed by atoms with Crippen molar-refractivity contribution in [1.29, 1.82) is 0 Å². The molecular formula is C10H11NO3. The molecule has 0 saturated heterocycles. The van der Waals surface area contributed by atoms with Crippen LogP contribution in [0, 0.1) is 0 Å². The van der Waals surface area contributed by atoms with E-state index in [9.17, 15) is 4.79 Å². The van der Waals surface area contributed by atoms with Crippen LogP contribution in [-0.2, 0) is 21.0 Å². The smallest absolute Gasteiger partial charge is 0.353 e. The summed E-state index contributed by atoms with van der Waals surface area (Å²) in [4.78, 5) is 15.3. The Morgan fingerprint density at radius 2 is 2.14 bits per heavy atom. The van der Waals surface area contributed by atoms with Crippen LogP contribution >= 0.6 is 0 Å². The summed E-state index contributed by atoms with van der Waals surface area (Å²) >= 11 is 0. The van der Waals surface area contributed by atoms with Gasteiger partial charge in [0.1, 0.15) is 13.7 Å². The number of benzene rings is 1. The van der Waals surface area contributed by atoms with Crippen molar-refractivity contribution in [3.05, 3.63) is 35.9 Å². The molecule has 74 valence electrons. The van der Waals surface area contributed by atoms with E-state index < -0.39 is 5.97 Å². The molecule has 0 aliphatic rings. The fourth-order valence-corrected chi connectivity index (χ4v) is 0.862. The molecule has 4 heteroatoms. The summed E-state index contributed by atoms with van der Waals surface area (Å²) in [6.45, 7) is 0.245. The molecule has 0 radical (unpaired) electrons. The van der Waals surface area contributed by atoms with Gasteiger partial charge >= 0.3 is 5.97 Å². The van der Waals surface area contributed by atoms with Crippen LogP contribution in [0.3, 0.4) is 0 Å². The summed E-state index contributed by atoms with van der Waals surface area (Å²) < 4.78 is 4.86. The van der Waals surface area contributed by atoms with Crippen LogP contribution in [0.25, 0.3) is 0 Å². The maximum Gasteiger partial charge on any atom is 0.353 e. The van der Waals surface area contributed by atoms with Gasteiger partial charge in [-0.05, 0) is 5.56 Å². The first-order valence-corrected chi connectivity index (χ1v) is 4.10. The van der Waals surface area contributed by atoms with Crippen LogP contribution < -0.4 is 0 Å². The van der Waals surface area contributed by atoms with Gasteiger partial charge in [0, 0.05) is 0 Å². The molecule has 0 aliphatic carbocycles. The topological polar surface area (TPSA) is 47.9 Å². The molecule has 1 rings (SSSR count). The minimum absolute atomic E-state index is 0.245. The minimum atomic E-state index is -0.518. The summed E-state index contributed by atoms with van der Waals surface area (Å²) in [6, 6.07) is 9.41. The Morgan fingerprint density at radius 3 is 2.79 bits per heavy atom. The van der Waals surface area contributed by atoms with E-state index in [-0.39, 0.29) is 6.61 Å². The van der Waals surface area contributed by atoms with Crippen molar-refractivity contribution in [3.63, 3.8) is 0 Å². The number of rotatable bonds is 4. The number of hydrogen-bond acceptors (Lipinski definition) is 4. The van der Waals surface area contributed by atoms with Gasteiger partial charge in [-0.3, -0.25) is 0 Å². The molecule has 0 fully saturated rings. The average molecular weight is 193 g/mol. The van der Waals surface area contributed by atoms with Crippen molar-refractivity contribution < 1.29 is 14.4 Å². The highest BCUT2D eigenvalue weighted by Crippen LogP contribution is 1.99. The van der Waals surface area contributed by atoms with Crippen molar-refractivity contribution in [3.8, 4) is 0 Å². The zero-order valence-corrected chi connectivity index (χ0v) is 7.84. The zero-order valence-electron chi connectivity index (χ0n) is 7.84. The second-order valence-electron chi connectivity index (χ2n) is 2.51.